The van der Waals surface area contributed by atoms with Crippen LogP contribution in [0, 0.1) is 0 Å². The second-order valence-electron chi connectivity index (χ2n) is 8.88. The summed E-state index contributed by atoms with van der Waals surface area (Å²) in [6.45, 7) is 13.7. The number of hydrogen-bond donors (Lipinski definition) is 3. The molecule has 8 nitrogen and oxygen atoms in total. The SMILES string of the molecule is CC(C)(C)c1cc(-n2cc(C(=O)NCCN=C(N)N)nn2)cc(C(C)(C)C)c1.Cl. The van der Waals surface area contributed by atoms with Crippen molar-refractivity contribution in [3.8, 4) is 5.69 Å². The number of hydrogen-bond acceptors (Lipinski definition) is 4. The summed E-state index contributed by atoms with van der Waals surface area (Å²) in [5.41, 5.74) is 14.0. The van der Waals surface area contributed by atoms with Gasteiger partial charge in [0, 0.05) is 6.54 Å². The Hall–Kier alpha value is -2.61. The van der Waals surface area contributed by atoms with Crippen LogP contribution in [0.4, 0.5) is 0 Å². The molecule has 0 bridgehead atoms. The lowest BCUT2D eigenvalue weighted by molar-refractivity contribution is 0.0949. The molecule has 0 saturated heterocycles. The molecule has 0 atom stereocenters. The van der Waals surface area contributed by atoms with Crippen LogP contribution in [-0.2, 0) is 10.8 Å². The van der Waals surface area contributed by atoms with Gasteiger partial charge < -0.3 is 16.8 Å². The molecule has 9 heteroatoms. The lowest BCUT2D eigenvalue weighted by Crippen LogP contribution is -2.28. The van der Waals surface area contributed by atoms with Crippen molar-refractivity contribution in [3.05, 3.63) is 41.2 Å². The molecular weight excluding hydrogens is 390 g/mol. The van der Waals surface area contributed by atoms with Crippen LogP contribution in [0.15, 0.2) is 29.4 Å². The number of guanidine groups is 1. The Bertz CT molecular complexity index is 839. The molecule has 0 unspecified atom stereocenters. The lowest BCUT2D eigenvalue weighted by Gasteiger charge is -2.26. The molecule has 160 valence electrons. The Morgan fingerprint density at radius 3 is 2.10 bits per heavy atom. The fraction of sp³-hybridized carbons (Fsp3) is 0.500. The van der Waals surface area contributed by atoms with Gasteiger partial charge in [-0.25, -0.2) is 4.68 Å². The minimum absolute atomic E-state index is 0. The van der Waals surface area contributed by atoms with Crippen LogP contribution < -0.4 is 16.8 Å². The number of rotatable bonds is 5. The number of nitrogens with two attached hydrogens (primary N) is 2. The molecule has 0 radical (unpaired) electrons. The van der Waals surface area contributed by atoms with E-state index in [9.17, 15) is 4.79 Å². The second kappa shape index (κ2) is 9.26. The van der Waals surface area contributed by atoms with Gasteiger partial charge in [-0.15, -0.1) is 17.5 Å². The highest BCUT2D eigenvalue weighted by molar-refractivity contribution is 5.91. The molecule has 1 aromatic carbocycles. The van der Waals surface area contributed by atoms with Crippen LogP contribution in [0.2, 0.25) is 0 Å². The molecule has 29 heavy (non-hydrogen) atoms. The fourth-order valence-electron chi connectivity index (χ4n) is 2.55. The normalized spacial score (nSPS) is 11.5. The van der Waals surface area contributed by atoms with Crippen LogP contribution in [-0.4, -0.2) is 40.0 Å². The maximum absolute atomic E-state index is 12.2. The lowest BCUT2D eigenvalue weighted by atomic mass is 9.80. The third-order valence-corrected chi connectivity index (χ3v) is 4.33. The van der Waals surface area contributed by atoms with Crippen LogP contribution in [0.25, 0.3) is 5.69 Å². The van der Waals surface area contributed by atoms with E-state index in [0.29, 0.717) is 13.1 Å². The number of aromatic nitrogens is 3. The predicted molar refractivity (Wildman–Crippen MR) is 119 cm³/mol. The van der Waals surface area contributed by atoms with Gasteiger partial charge >= 0.3 is 0 Å². The maximum atomic E-state index is 12.2. The minimum Gasteiger partial charge on any atom is -0.370 e. The Morgan fingerprint density at radius 1 is 1.07 bits per heavy atom. The zero-order valence-corrected chi connectivity index (χ0v) is 18.8. The first-order valence-corrected chi connectivity index (χ1v) is 9.30. The van der Waals surface area contributed by atoms with E-state index >= 15 is 0 Å². The van der Waals surface area contributed by atoms with E-state index in [1.807, 2.05) is 0 Å². The third-order valence-electron chi connectivity index (χ3n) is 4.33. The zero-order chi connectivity index (χ0) is 21.1. The third kappa shape index (κ3) is 6.74. The Labute approximate surface area is 178 Å². The van der Waals surface area contributed by atoms with Gasteiger partial charge in [-0.2, -0.15) is 0 Å². The van der Waals surface area contributed by atoms with Gasteiger partial charge in [-0.1, -0.05) is 52.8 Å². The summed E-state index contributed by atoms with van der Waals surface area (Å²) in [6.07, 6.45) is 1.63. The van der Waals surface area contributed by atoms with Crippen LogP contribution in [0.5, 0.6) is 0 Å². The van der Waals surface area contributed by atoms with Crippen molar-refractivity contribution >= 4 is 24.3 Å². The Kier molecular flexibility index (Phi) is 7.80. The second-order valence-corrected chi connectivity index (χ2v) is 8.88. The summed E-state index contributed by atoms with van der Waals surface area (Å²) >= 11 is 0. The first kappa shape index (κ1) is 24.4. The van der Waals surface area contributed by atoms with Gasteiger partial charge in [0.2, 0.25) is 0 Å². The summed E-state index contributed by atoms with van der Waals surface area (Å²) in [7, 11) is 0. The smallest absolute Gasteiger partial charge is 0.273 e. The highest BCUT2D eigenvalue weighted by atomic mass is 35.5. The van der Waals surface area contributed by atoms with E-state index in [4.69, 9.17) is 11.5 Å². The van der Waals surface area contributed by atoms with Crippen LogP contribution in [0.1, 0.15) is 63.2 Å². The van der Waals surface area contributed by atoms with Gasteiger partial charge in [0.15, 0.2) is 11.7 Å². The van der Waals surface area contributed by atoms with Crippen molar-refractivity contribution in [1.82, 2.24) is 20.3 Å². The molecule has 2 aromatic rings. The first-order valence-electron chi connectivity index (χ1n) is 9.30. The highest BCUT2D eigenvalue weighted by Crippen LogP contribution is 2.31. The van der Waals surface area contributed by atoms with Crippen molar-refractivity contribution in [3.63, 3.8) is 0 Å². The average Bonchev–Trinajstić information content (AvgIpc) is 3.06. The molecule has 1 aromatic heterocycles. The summed E-state index contributed by atoms with van der Waals surface area (Å²) in [6, 6.07) is 6.41. The number of carbonyl (C=O) groups excluding carboxylic acids is 1. The monoisotopic (exact) mass is 421 g/mol. The average molecular weight is 422 g/mol. The van der Waals surface area contributed by atoms with Gasteiger partial charge in [-0.05, 0) is 34.1 Å². The van der Waals surface area contributed by atoms with E-state index in [-0.39, 0.29) is 40.8 Å². The van der Waals surface area contributed by atoms with Gasteiger partial charge in [0.25, 0.3) is 5.91 Å². The number of carbonyl (C=O) groups is 1. The first-order chi connectivity index (χ1) is 12.9. The Balaban J connectivity index is 0.00000420. The molecule has 1 amide bonds. The fourth-order valence-corrected chi connectivity index (χ4v) is 2.55. The van der Waals surface area contributed by atoms with Crippen molar-refractivity contribution in [2.75, 3.05) is 13.1 Å². The predicted octanol–water partition coefficient (Wildman–Crippen LogP) is 2.29. The number of aliphatic imine (C=N–C) groups is 1. The van der Waals surface area contributed by atoms with E-state index in [1.54, 1.807) is 10.9 Å². The zero-order valence-electron chi connectivity index (χ0n) is 18.0. The van der Waals surface area contributed by atoms with E-state index in [1.165, 1.54) is 11.1 Å². The number of nitrogens with zero attached hydrogens (tertiary/aromatic N) is 4. The molecular formula is C20H32ClN7O. The highest BCUT2D eigenvalue weighted by Gasteiger charge is 2.21. The summed E-state index contributed by atoms with van der Waals surface area (Å²) in [5, 5.41) is 10.9. The van der Waals surface area contributed by atoms with Gasteiger partial charge in [0.1, 0.15) is 0 Å². The summed E-state index contributed by atoms with van der Waals surface area (Å²) in [4.78, 5) is 16.1. The maximum Gasteiger partial charge on any atom is 0.273 e. The molecule has 0 aliphatic carbocycles. The number of benzene rings is 1. The Morgan fingerprint density at radius 2 is 1.62 bits per heavy atom. The molecule has 0 saturated carbocycles. The molecule has 5 N–H and O–H groups in total. The van der Waals surface area contributed by atoms with Crippen molar-refractivity contribution in [1.29, 1.82) is 0 Å². The summed E-state index contributed by atoms with van der Waals surface area (Å²) in [5.74, 6) is -0.325. The largest absolute Gasteiger partial charge is 0.370 e. The number of halogens is 1. The van der Waals surface area contributed by atoms with Crippen molar-refractivity contribution < 1.29 is 4.79 Å². The van der Waals surface area contributed by atoms with Crippen molar-refractivity contribution in [2.45, 2.75) is 52.4 Å². The standard InChI is InChI=1S/C20H31N7O.ClH/c1-19(2,3)13-9-14(20(4,5)6)11-15(10-13)27-12-16(25-26-27)17(28)23-7-8-24-18(21)22;/h9-12H,7-8H2,1-6H3,(H,23,28)(H4,21,22,24);1H. The molecule has 0 aliphatic rings. The topological polar surface area (TPSA) is 124 Å². The van der Waals surface area contributed by atoms with Crippen molar-refractivity contribution in [2.24, 2.45) is 16.5 Å². The summed E-state index contributed by atoms with van der Waals surface area (Å²) < 4.78 is 1.63. The van der Waals surface area contributed by atoms with Crippen LogP contribution in [0.3, 0.4) is 0 Å². The van der Waals surface area contributed by atoms with Crippen LogP contribution >= 0.6 is 12.4 Å². The van der Waals surface area contributed by atoms with Gasteiger partial charge in [-0.3, -0.25) is 9.79 Å². The van der Waals surface area contributed by atoms with E-state index < -0.39 is 0 Å². The van der Waals surface area contributed by atoms with E-state index in [0.717, 1.165) is 5.69 Å². The molecule has 1 heterocycles. The molecule has 0 fully saturated rings. The molecule has 0 spiro atoms. The quantitative estimate of drug-likeness (QED) is 0.388. The minimum atomic E-state index is -0.319. The molecule has 0 aliphatic heterocycles. The number of nitrogens with one attached hydrogen (secondary N) is 1. The van der Waals surface area contributed by atoms with E-state index in [2.05, 4.69) is 80.4 Å². The van der Waals surface area contributed by atoms with Gasteiger partial charge in [0.05, 0.1) is 18.4 Å². The number of amides is 1. The molecule has 2 rings (SSSR count).